The Kier molecular flexibility index (Phi) is 6.51. The summed E-state index contributed by atoms with van der Waals surface area (Å²) < 4.78 is 44.0. The Morgan fingerprint density at radius 1 is 1.20 bits per heavy atom. The molecule has 0 saturated heterocycles. The van der Waals surface area contributed by atoms with Gasteiger partial charge in [-0.25, -0.2) is 13.2 Å². The van der Waals surface area contributed by atoms with Crippen molar-refractivity contribution in [1.82, 2.24) is 5.32 Å². The number of carbonyl (C=O) groups excluding carboxylic acids is 1. The molecule has 1 rings (SSSR count). The molecule has 0 saturated carbocycles. The number of amides is 1. The van der Waals surface area contributed by atoms with Crippen molar-refractivity contribution in [2.45, 2.75) is 32.8 Å². The molecule has 20 heavy (non-hydrogen) atoms. The highest BCUT2D eigenvalue weighted by atomic mass is 19.2. The fourth-order valence-corrected chi connectivity index (χ4v) is 1.54. The number of halogens is 3. The zero-order valence-corrected chi connectivity index (χ0v) is 11.5. The average molecular weight is 289 g/mol. The van der Waals surface area contributed by atoms with Crippen LogP contribution in [0.15, 0.2) is 12.1 Å². The van der Waals surface area contributed by atoms with Crippen LogP contribution < -0.4 is 5.32 Å². The van der Waals surface area contributed by atoms with Crippen molar-refractivity contribution in [1.29, 1.82) is 0 Å². The van der Waals surface area contributed by atoms with Crippen molar-refractivity contribution < 1.29 is 22.7 Å². The predicted molar refractivity (Wildman–Crippen MR) is 69.0 cm³/mol. The largest absolute Gasteiger partial charge is 0.379 e. The van der Waals surface area contributed by atoms with Gasteiger partial charge in [-0.15, -0.1) is 0 Å². The van der Waals surface area contributed by atoms with Crippen LogP contribution >= 0.6 is 0 Å². The first kappa shape index (κ1) is 16.5. The molecule has 112 valence electrons. The third-order valence-electron chi connectivity index (χ3n) is 2.55. The first-order valence-corrected chi connectivity index (χ1v) is 6.46. The van der Waals surface area contributed by atoms with Crippen LogP contribution in [0, 0.1) is 17.5 Å². The monoisotopic (exact) mass is 289 g/mol. The number of unbranched alkanes of at least 4 members (excludes halogenated alkanes) is 1. The third kappa shape index (κ3) is 5.21. The molecular formula is C14H18F3NO2. The Morgan fingerprint density at radius 2 is 1.80 bits per heavy atom. The molecule has 0 atom stereocenters. The molecule has 0 fully saturated rings. The SMILES string of the molecule is CC(C)OCCCCNC(=O)c1cc(F)c(F)c(F)c1. The van der Waals surface area contributed by atoms with E-state index >= 15 is 0 Å². The van der Waals surface area contributed by atoms with E-state index in [0.717, 1.165) is 6.42 Å². The topological polar surface area (TPSA) is 38.3 Å². The predicted octanol–water partition coefficient (Wildman–Crippen LogP) is 3.04. The van der Waals surface area contributed by atoms with Gasteiger partial charge in [-0.2, -0.15) is 0 Å². The highest BCUT2D eigenvalue weighted by Crippen LogP contribution is 2.13. The fraction of sp³-hybridized carbons (Fsp3) is 0.500. The van der Waals surface area contributed by atoms with E-state index in [9.17, 15) is 18.0 Å². The molecule has 0 aliphatic rings. The summed E-state index contributed by atoms with van der Waals surface area (Å²) in [5.74, 6) is -4.96. The van der Waals surface area contributed by atoms with Crippen LogP contribution in [0.25, 0.3) is 0 Å². The number of hydrogen-bond donors (Lipinski definition) is 1. The van der Waals surface area contributed by atoms with Gasteiger partial charge in [0, 0.05) is 18.7 Å². The summed E-state index contributed by atoms with van der Waals surface area (Å²) >= 11 is 0. The zero-order valence-electron chi connectivity index (χ0n) is 11.5. The van der Waals surface area contributed by atoms with Crippen LogP contribution in [0.4, 0.5) is 13.2 Å². The van der Waals surface area contributed by atoms with Gasteiger partial charge in [-0.3, -0.25) is 4.79 Å². The van der Waals surface area contributed by atoms with Gasteiger partial charge in [0.1, 0.15) is 0 Å². The lowest BCUT2D eigenvalue weighted by Gasteiger charge is -2.08. The molecule has 0 radical (unpaired) electrons. The Balaban J connectivity index is 2.36. The molecule has 1 amide bonds. The van der Waals surface area contributed by atoms with E-state index in [2.05, 4.69) is 5.32 Å². The molecule has 0 bridgehead atoms. The standard InChI is InChI=1S/C14H18F3NO2/c1-9(2)20-6-4-3-5-18-14(19)10-7-11(15)13(17)12(16)8-10/h7-9H,3-6H2,1-2H3,(H,18,19). The average Bonchev–Trinajstić information content (AvgIpc) is 2.38. The van der Waals surface area contributed by atoms with Gasteiger partial charge in [-0.1, -0.05) is 0 Å². The number of nitrogens with one attached hydrogen (secondary N) is 1. The van der Waals surface area contributed by atoms with Gasteiger partial charge >= 0.3 is 0 Å². The van der Waals surface area contributed by atoms with Gasteiger partial charge in [0.25, 0.3) is 5.91 Å². The highest BCUT2D eigenvalue weighted by Gasteiger charge is 2.14. The maximum Gasteiger partial charge on any atom is 0.251 e. The minimum absolute atomic E-state index is 0.162. The van der Waals surface area contributed by atoms with Crippen LogP contribution in [0.1, 0.15) is 37.0 Å². The molecule has 0 aromatic heterocycles. The van der Waals surface area contributed by atoms with Crippen molar-refractivity contribution >= 4 is 5.91 Å². The summed E-state index contributed by atoms with van der Waals surface area (Å²) in [7, 11) is 0. The lowest BCUT2D eigenvalue weighted by Crippen LogP contribution is -2.25. The first-order chi connectivity index (χ1) is 9.41. The highest BCUT2D eigenvalue weighted by molar-refractivity contribution is 5.94. The Labute approximate surface area is 116 Å². The second-order valence-electron chi connectivity index (χ2n) is 4.64. The molecule has 0 unspecified atom stereocenters. The van der Waals surface area contributed by atoms with Crippen LogP contribution in [-0.4, -0.2) is 25.2 Å². The van der Waals surface area contributed by atoms with Gasteiger partial charge < -0.3 is 10.1 Å². The maximum absolute atomic E-state index is 13.0. The molecular weight excluding hydrogens is 271 g/mol. The summed E-state index contributed by atoms with van der Waals surface area (Å²) in [6.07, 6.45) is 1.62. The van der Waals surface area contributed by atoms with Crippen molar-refractivity contribution in [3.05, 3.63) is 35.1 Å². The second kappa shape index (κ2) is 7.89. The quantitative estimate of drug-likeness (QED) is 0.619. The van der Waals surface area contributed by atoms with Crippen LogP contribution in [-0.2, 0) is 4.74 Å². The van der Waals surface area contributed by atoms with Crippen molar-refractivity contribution in [3.63, 3.8) is 0 Å². The van der Waals surface area contributed by atoms with E-state index in [-0.39, 0.29) is 11.7 Å². The molecule has 1 aromatic carbocycles. The normalized spacial score (nSPS) is 10.9. The number of benzene rings is 1. The number of rotatable bonds is 7. The van der Waals surface area contributed by atoms with E-state index in [4.69, 9.17) is 4.74 Å². The minimum Gasteiger partial charge on any atom is -0.379 e. The van der Waals surface area contributed by atoms with E-state index in [1.54, 1.807) is 0 Å². The van der Waals surface area contributed by atoms with Gasteiger partial charge in [0.15, 0.2) is 17.5 Å². The Morgan fingerprint density at radius 3 is 2.35 bits per heavy atom. The smallest absolute Gasteiger partial charge is 0.251 e. The number of hydrogen-bond acceptors (Lipinski definition) is 2. The van der Waals surface area contributed by atoms with E-state index < -0.39 is 23.4 Å². The number of ether oxygens (including phenoxy) is 1. The van der Waals surface area contributed by atoms with Gasteiger partial charge in [-0.05, 0) is 38.8 Å². The van der Waals surface area contributed by atoms with Gasteiger partial charge in [0.05, 0.1) is 6.10 Å². The first-order valence-electron chi connectivity index (χ1n) is 6.46. The summed E-state index contributed by atoms with van der Waals surface area (Å²) in [4.78, 5) is 11.6. The summed E-state index contributed by atoms with van der Waals surface area (Å²) in [5, 5.41) is 2.51. The molecule has 0 heterocycles. The van der Waals surface area contributed by atoms with Crippen LogP contribution in [0.5, 0.6) is 0 Å². The summed E-state index contributed by atoms with van der Waals surface area (Å²) in [6, 6.07) is 1.35. The number of carbonyl (C=O) groups is 1. The molecule has 0 aliphatic heterocycles. The Bertz CT molecular complexity index is 441. The molecule has 0 aliphatic carbocycles. The van der Waals surface area contributed by atoms with E-state index in [0.29, 0.717) is 31.7 Å². The second-order valence-corrected chi connectivity index (χ2v) is 4.64. The summed E-state index contributed by atoms with van der Waals surface area (Å²) in [5.41, 5.74) is -0.236. The molecule has 3 nitrogen and oxygen atoms in total. The minimum atomic E-state index is -1.58. The molecule has 6 heteroatoms. The van der Waals surface area contributed by atoms with E-state index in [1.807, 2.05) is 13.8 Å². The van der Waals surface area contributed by atoms with Crippen molar-refractivity contribution in [3.8, 4) is 0 Å². The summed E-state index contributed by atoms with van der Waals surface area (Å²) in [6.45, 7) is 4.81. The van der Waals surface area contributed by atoms with Crippen molar-refractivity contribution in [2.75, 3.05) is 13.2 Å². The van der Waals surface area contributed by atoms with Crippen molar-refractivity contribution in [2.24, 2.45) is 0 Å². The molecule has 1 N–H and O–H groups in total. The third-order valence-corrected chi connectivity index (χ3v) is 2.55. The maximum atomic E-state index is 13.0. The zero-order chi connectivity index (χ0) is 15.1. The van der Waals surface area contributed by atoms with Crippen LogP contribution in [0.3, 0.4) is 0 Å². The lowest BCUT2D eigenvalue weighted by atomic mass is 10.2. The van der Waals surface area contributed by atoms with Crippen LogP contribution in [0.2, 0.25) is 0 Å². The molecule has 1 aromatic rings. The van der Waals surface area contributed by atoms with Gasteiger partial charge in [0.2, 0.25) is 0 Å². The Hall–Kier alpha value is -1.56. The van der Waals surface area contributed by atoms with E-state index in [1.165, 1.54) is 0 Å². The fourth-order valence-electron chi connectivity index (χ4n) is 1.54. The molecule has 0 spiro atoms. The lowest BCUT2D eigenvalue weighted by molar-refractivity contribution is 0.0754.